The Balaban J connectivity index is 3.87. The molecule has 0 fully saturated rings. The van der Waals surface area contributed by atoms with Gasteiger partial charge in [-0.2, -0.15) is 0 Å². The molecule has 74 valence electrons. The lowest BCUT2D eigenvalue weighted by atomic mass is 10.1. The van der Waals surface area contributed by atoms with Gasteiger partial charge in [0.05, 0.1) is 6.10 Å². The van der Waals surface area contributed by atoms with Gasteiger partial charge in [-0.1, -0.05) is 13.8 Å². The van der Waals surface area contributed by atoms with Crippen LogP contribution >= 0.6 is 0 Å². The Labute approximate surface area is 76.6 Å². The molecule has 0 amide bonds. The first-order valence-electron chi connectivity index (χ1n) is 4.85. The highest BCUT2D eigenvalue weighted by Crippen LogP contribution is 2.04. The Morgan fingerprint density at radius 3 is 1.75 bits per heavy atom. The van der Waals surface area contributed by atoms with E-state index in [4.69, 9.17) is 0 Å². The average molecular weight is 173 g/mol. The van der Waals surface area contributed by atoms with Crippen molar-refractivity contribution in [2.24, 2.45) is 5.92 Å². The quantitative estimate of drug-likeness (QED) is 0.684. The Hall–Kier alpha value is -0.0800. The summed E-state index contributed by atoms with van der Waals surface area (Å²) in [6.45, 7) is 12.5. The van der Waals surface area contributed by atoms with Crippen molar-refractivity contribution in [3.05, 3.63) is 0 Å². The van der Waals surface area contributed by atoms with E-state index in [1.807, 2.05) is 6.92 Å². The van der Waals surface area contributed by atoms with Gasteiger partial charge in [-0.05, 0) is 26.7 Å². The van der Waals surface area contributed by atoms with Crippen LogP contribution in [-0.2, 0) is 0 Å². The number of hydrogen-bond acceptors (Lipinski definition) is 2. The van der Waals surface area contributed by atoms with E-state index < -0.39 is 0 Å². The van der Waals surface area contributed by atoms with Crippen molar-refractivity contribution < 1.29 is 5.11 Å². The minimum absolute atomic E-state index is 0.217. The van der Waals surface area contributed by atoms with Crippen LogP contribution in [0.4, 0.5) is 0 Å². The number of rotatable bonds is 5. The summed E-state index contributed by atoms with van der Waals surface area (Å²) in [6, 6.07) is 0.530. The van der Waals surface area contributed by atoms with Crippen LogP contribution in [0.25, 0.3) is 0 Å². The van der Waals surface area contributed by atoms with Gasteiger partial charge in [0, 0.05) is 19.1 Å². The van der Waals surface area contributed by atoms with Gasteiger partial charge in [0.2, 0.25) is 0 Å². The summed E-state index contributed by atoms with van der Waals surface area (Å²) in [6.07, 6.45) is -0.217. The van der Waals surface area contributed by atoms with Crippen LogP contribution in [0.1, 0.15) is 34.6 Å². The van der Waals surface area contributed by atoms with Gasteiger partial charge in [-0.25, -0.2) is 0 Å². The fourth-order valence-corrected chi connectivity index (χ4v) is 1.30. The zero-order valence-corrected chi connectivity index (χ0v) is 9.04. The van der Waals surface area contributed by atoms with Gasteiger partial charge >= 0.3 is 0 Å². The minimum atomic E-state index is -0.217. The van der Waals surface area contributed by atoms with Crippen LogP contribution in [0.2, 0.25) is 0 Å². The molecule has 0 radical (unpaired) electrons. The van der Waals surface area contributed by atoms with E-state index in [-0.39, 0.29) is 6.10 Å². The lowest BCUT2D eigenvalue weighted by Gasteiger charge is -2.29. The summed E-state index contributed by atoms with van der Waals surface area (Å²) in [7, 11) is 0. The summed E-state index contributed by atoms with van der Waals surface area (Å²) in [5.74, 6) is 0.672. The second-order valence-electron chi connectivity index (χ2n) is 4.29. The first-order valence-corrected chi connectivity index (χ1v) is 4.85. The van der Waals surface area contributed by atoms with E-state index in [0.717, 1.165) is 13.1 Å². The van der Waals surface area contributed by atoms with Crippen LogP contribution in [0.3, 0.4) is 0 Å². The predicted octanol–water partition coefficient (Wildman–Crippen LogP) is 1.73. The largest absolute Gasteiger partial charge is 0.392 e. The third-order valence-electron chi connectivity index (χ3n) is 1.83. The zero-order valence-electron chi connectivity index (χ0n) is 9.04. The second-order valence-corrected chi connectivity index (χ2v) is 4.29. The van der Waals surface area contributed by atoms with Crippen molar-refractivity contribution in [2.45, 2.75) is 46.8 Å². The smallest absolute Gasteiger partial charge is 0.0639 e. The second kappa shape index (κ2) is 5.55. The Kier molecular flexibility index (Phi) is 5.51. The third kappa shape index (κ3) is 5.56. The molecular formula is C10H23NO. The predicted molar refractivity (Wildman–Crippen MR) is 53.2 cm³/mol. The molecule has 12 heavy (non-hydrogen) atoms. The van der Waals surface area contributed by atoms with Crippen molar-refractivity contribution in [1.82, 2.24) is 4.90 Å². The highest BCUT2D eigenvalue weighted by atomic mass is 16.3. The topological polar surface area (TPSA) is 23.5 Å². The third-order valence-corrected chi connectivity index (χ3v) is 1.83. The first-order chi connectivity index (χ1) is 5.43. The van der Waals surface area contributed by atoms with E-state index in [9.17, 15) is 5.11 Å². The van der Waals surface area contributed by atoms with Crippen LogP contribution in [-0.4, -0.2) is 35.2 Å². The molecule has 0 aliphatic rings. The van der Waals surface area contributed by atoms with Crippen molar-refractivity contribution in [2.75, 3.05) is 13.1 Å². The average Bonchev–Trinajstić information content (AvgIpc) is 1.83. The van der Waals surface area contributed by atoms with Crippen LogP contribution < -0.4 is 0 Å². The van der Waals surface area contributed by atoms with Gasteiger partial charge in [-0.15, -0.1) is 0 Å². The molecule has 1 unspecified atom stereocenters. The standard InChI is InChI=1S/C10H23NO/c1-8(2)6-11(9(3)4)7-10(5)12/h8-10,12H,6-7H2,1-5H3. The molecule has 0 spiro atoms. The SMILES string of the molecule is CC(C)CN(CC(C)O)C(C)C. The molecule has 2 nitrogen and oxygen atoms in total. The molecule has 0 heterocycles. The van der Waals surface area contributed by atoms with E-state index in [2.05, 4.69) is 32.6 Å². The van der Waals surface area contributed by atoms with Crippen LogP contribution in [0.15, 0.2) is 0 Å². The van der Waals surface area contributed by atoms with Crippen molar-refractivity contribution in [3.63, 3.8) is 0 Å². The maximum absolute atomic E-state index is 9.24. The first kappa shape index (κ1) is 11.9. The van der Waals surface area contributed by atoms with Gasteiger partial charge < -0.3 is 5.11 Å². The minimum Gasteiger partial charge on any atom is -0.392 e. The summed E-state index contributed by atoms with van der Waals surface area (Å²) < 4.78 is 0. The van der Waals surface area contributed by atoms with E-state index in [1.54, 1.807) is 0 Å². The summed E-state index contributed by atoms with van der Waals surface area (Å²) in [4.78, 5) is 2.31. The van der Waals surface area contributed by atoms with Crippen LogP contribution in [0.5, 0.6) is 0 Å². The Morgan fingerprint density at radius 1 is 1.00 bits per heavy atom. The van der Waals surface area contributed by atoms with E-state index in [1.165, 1.54) is 0 Å². The fourth-order valence-electron chi connectivity index (χ4n) is 1.30. The monoisotopic (exact) mass is 173 g/mol. The van der Waals surface area contributed by atoms with Crippen molar-refractivity contribution in [1.29, 1.82) is 0 Å². The van der Waals surface area contributed by atoms with Gasteiger partial charge in [0.1, 0.15) is 0 Å². The molecule has 0 aromatic carbocycles. The maximum Gasteiger partial charge on any atom is 0.0639 e. The number of nitrogens with zero attached hydrogens (tertiary/aromatic N) is 1. The molecule has 2 heteroatoms. The van der Waals surface area contributed by atoms with Crippen molar-refractivity contribution in [3.8, 4) is 0 Å². The summed E-state index contributed by atoms with van der Waals surface area (Å²) in [5.41, 5.74) is 0. The lowest BCUT2D eigenvalue weighted by molar-refractivity contribution is 0.0991. The molecular weight excluding hydrogens is 150 g/mol. The van der Waals surface area contributed by atoms with Crippen molar-refractivity contribution >= 4 is 0 Å². The van der Waals surface area contributed by atoms with Gasteiger partial charge in [-0.3, -0.25) is 4.90 Å². The number of aliphatic hydroxyl groups is 1. The molecule has 1 N–H and O–H groups in total. The molecule has 0 rings (SSSR count). The van der Waals surface area contributed by atoms with Gasteiger partial charge in [0.15, 0.2) is 0 Å². The fraction of sp³-hybridized carbons (Fsp3) is 1.00. The number of hydrogen-bond donors (Lipinski definition) is 1. The molecule has 1 atom stereocenters. The summed E-state index contributed by atoms with van der Waals surface area (Å²) >= 11 is 0. The molecule has 0 aliphatic carbocycles. The number of aliphatic hydroxyl groups excluding tert-OH is 1. The molecule has 0 bridgehead atoms. The molecule has 0 aliphatic heterocycles. The molecule has 0 aromatic heterocycles. The summed E-state index contributed by atoms with van der Waals surface area (Å²) in [5, 5.41) is 9.24. The molecule has 0 saturated carbocycles. The van der Waals surface area contributed by atoms with E-state index in [0.29, 0.717) is 12.0 Å². The Morgan fingerprint density at radius 2 is 1.50 bits per heavy atom. The highest BCUT2D eigenvalue weighted by molar-refractivity contribution is 4.66. The Bertz CT molecular complexity index is 100. The molecule has 0 aromatic rings. The lowest BCUT2D eigenvalue weighted by Crippen LogP contribution is -2.38. The highest BCUT2D eigenvalue weighted by Gasteiger charge is 2.12. The normalized spacial score (nSPS) is 14.8. The van der Waals surface area contributed by atoms with Gasteiger partial charge in [0.25, 0.3) is 0 Å². The molecule has 0 saturated heterocycles. The van der Waals surface area contributed by atoms with Crippen LogP contribution in [0, 0.1) is 5.92 Å². The van der Waals surface area contributed by atoms with E-state index >= 15 is 0 Å². The zero-order chi connectivity index (χ0) is 9.72. The maximum atomic E-state index is 9.24.